The fourth-order valence-electron chi connectivity index (χ4n) is 3.30. The maximum Gasteiger partial charge on any atom is 0.287 e. The normalized spacial score (nSPS) is 25.5. The molecule has 0 saturated carbocycles. The number of hydrogen-bond acceptors (Lipinski definition) is 7. The molecule has 1 N–H and O–H groups in total. The smallest absolute Gasteiger partial charge is 0.287 e. The summed E-state index contributed by atoms with van der Waals surface area (Å²) in [6.07, 6.45) is 3.21. The standard InChI is InChI=1S/C15H20N4O5S/c20-15(17-12-5-7-25(23,24)10-12)11-2-1-6-18(9-11)14-4-3-13(8-16-14)19(21)22/h3-4,8,11-12H,1-2,5-7,9-10H2,(H,17,20)/t11-,12+/m0/s1. The Morgan fingerprint density at radius 2 is 2.16 bits per heavy atom. The highest BCUT2D eigenvalue weighted by Gasteiger charge is 2.32. The Morgan fingerprint density at radius 3 is 2.76 bits per heavy atom. The van der Waals surface area contributed by atoms with Crippen LogP contribution in [-0.2, 0) is 14.6 Å². The second-order valence-corrected chi connectivity index (χ2v) is 8.75. The summed E-state index contributed by atoms with van der Waals surface area (Å²) >= 11 is 0. The van der Waals surface area contributed by atoms with Gasteiger partial charge < -0.3 is 10.2 Å². The van der Waals surface area contributed by atoms with Gasteiger partial charge in [-0.15, -0.1) is 0 Å². The molecule has 2 aliphatic heterocycles. The summed E-state index contributed by atoms with van der Waals surface area (Å²) in [6, 6.07) is 2.68. The molecular weight excluding hydrogens is 348 g/mol. The van der Waals surface area contributed by atoms with Crippen LogP contribution in [0.25, 0.3) is 0 Å². The van der Waals surface area contributed by atoms with E-state index in [9.17, 15) is 23.3 Å². The van der Waals surface area contributed by atoms with E-state index in [-0.39, 0.29) is 35.1 Å². The second-order valence-electron chi connectivity index (χ2n) is 6.53. The van der Waals surface area contributed by atoms with Gasteiger partial charge in [-0.1, -0.05) is 0 Å². The average Bonchev–Trinajstić information content (AvgIpc) is 2.93. The number of piperidine rings is 1. The van der Waals surface area contributed by atoms with Crippen LogP contribution in [0, 0.1) is 16.0 Å². The van der Waals surface area contributed by atoms with E-state index in [4.69, 9.17) is 0 Å². The quantitative estimate of drug-likeness (QED) is 0.607. The molecule has 0 spiro atoms. The van der Waals surface area contributed by atoms with Crippen molar-refractivity contribution >= 4 is 27.2 Å². The van der Waals surface area contributed by atoms with Crippen LogP contribution >= 0.6 is 0 Å². The molecule has 2 fully saturated rings. The van der Waals surface area contributed by atoms with E-state index < -0.39 is 14.8 Å². The molecule has 3 rings (SSSR count). The molecule has 10 heteroatoms. The molecular formula is C15H20N4O5S. The molecule has 25 heavy (non-hydrogen) atoms. The van der Waals surface area contributed by atoms with Crippen LogP contribution in [0.2, 0.25) is 0 Å². The van der Waals surface area contributed by atoms with Crippen molar-refractivity contribution in [1.82, 2.24) is 10.3 Å². The molecule has 2 aliphatic rings. The molecule has 1 amide bonds. The Labute approximate surface area is 145 Å². The van der Waals surface area contributed by atoms with E-state index >= 15 is 0 Å². The third-order valence-electron chi connectivity index (χ3n) is 4.64. The number of anilines is 1. The van der Waals surface area contributed by atoms with Gasteiger partial charge in [-0.25, -0.2) is 13.4 Å². The second kappa shape index (κ2) is 6.95. The van der Waals surface area contributed by atoms with Crippen LogP contribution in [0.15, 0.2) is 18.3 Å². The van der Waals surface area contributed by atoms with Gasteiger partial charge in [0.05, 0.1) is 22.3 Å². The maximum absolute atomic E-state index is 12.4. The molecule has 1 aromatic heterocycles. The number of amides is 1. The predicted molar refractivity (Wildman–Crippen MR) is 91.0 cm³/mol. The monoisotopic (exact) mass is 368 g/mol. The third kappa shape index (κ3) is 4.25. The first-order chi connectivity index (χ1) is 11.8. The van der Waals surface area contributed by atoms with Crippen molar-refractivity contribution in [2.75, 3.05) is 29.5 Å². The molecule has 0 aliphatic carbocycles. The fourth-order valence-corrected chi connectivity index (χ4v) is 4.97. The number of rotatable bonds is 4. The van der Waals surface area contributed by atoms with Gasteiger partial charge >= 0.3 is 0 Å². The summed E-state index contributed by atoms with van der Waals surface area (Å²) in [6.45, 7) is 1.20. The van der Waals surface area contributed by atoms with Gasteiger partial charge in [0.25, 0.3) is 5.69 Å². The molecule has 0 unspecified atom stereocenters. The zero-order valence-electron chi connectivity index (χ0n) is 13.6. The molecule has 2 saturated heterocycles. The lowest BCUT2D eigenvalue weighted by Crippen LogP contribution is -2.46. The number of sulfone groups is 1. The highest BCUT2D eigenvalue weighted by molar-refractivity contribution is 7.91. The molecule has 136 valence electrons. The lowest BCUT2D eigenvalue weighted by Gasteiger charge is -2.33. The van der Waals surface area contributed by atoms with Crippen molar-refractivity contribution in [3.8, 4) is 0 Å². The summed E-state index contributed by atoms with van der Waals surface area (Å²) in [5.74, 6) is 0.370. The van der Waals surface area contributed by atoms with Crippen molar-refractivity contribution in [3.63, 3.8) is 0 Å². The first-order valence-corrected chi connectivity index (χ1v) is 10.0. The molecule has 3 heterocycles. The topological polar surface area (TPSA) is 123 Å². The predicted octanol–water partition coefficient (Wildman–Crippen LogP) is 0.509. The molecule has 0 radical (unpaired) electrons. The van der Waals surface area contributed by atoms with Crippen LogP contribution in [0.4, 0.5) is 11.5 Å². The van der Waals surface area contributed by atoms with Crippen molar-refractivity contribution in [3.05, 3.63) is 28.4 Å². The third-order valence-corrected chi connectivity index (χ3v) is 6.41. The van der Waals surface area contributed by atoms with Crippen LogP contribution in [-0.4, -0.2) is 54.9 Å². The van der Waals surface area contributed by atoms with Crippen molar-refractivity contribution in [1.29, 1.82) is 0 Å². The van der Waals surface area contributed by atoms with Crippen LogP contribution < -0.4 is 10.2 Å². The van der Waals surface area contributed by atoms with Gasteiger partial charge in [-0.3, -0.25) is 14.9 Å². The number of carbonyl (C=O) groups is 1. The van der Waals surface area contributed by atoms with E-state index in [1.807, 2.05) is 4.90 Å². The zero-order valence-corrected chi connectivity index (χ0v) is 14.4. The van der Waals surface area contributed by atoms with E-state index in [1.165, 1.54) is 12.3 Å². The molecule has 0 aromatic carbocycles. The lowest BCUT2D eigenvalue weighted by atomic mass is 9.96. The number of hydrogen-bond donors (Lipinski definition) is 1. The minimum atomic E-state index is -3.03. The number of nitrogens with zero attached hydrogens (tertiary/aromatic N) is 3. The number of aromatic nitrogens is 1. The number of carbonyl (C=O) groups excluding carboxylic acids is 1. The summed E-state index contributed by atoms with van der Waals surface area (Å²) in [4.78, 5) is 28.7. The first kappa shape index (κ1) is 17.6. The number of nitro groups is 1. The molecule has 9 nitrogen and oxygen atoms in total. The van der Waals surface area contributed by atoms with Crippen LogP contribution in [0.1, 0.15) is 19.3 Å². The van der Waals surface area contributed by atoms with E-state index in [0.717, 1.165) is 19.4 Å². The van der Waals surface area contributed by atoms with Gasteiger partial charge in [-0.2, -0.15) is 0 Å². The van der Waals surface area contributed by atoms with E-state index in [1.54, 1.807) is 6.07 Å². The van der Waals surface area contributed by atoms with Gasteiger partial charge in [-0.05, 0) is 25.3 Å². The lowest BCUT2D eigenvalue weighted by molar-refractivity contribution is -0.385. The minimum Gasteiger partial charge on any atom is -0.356 e. The largest absolute Gasteiger partial charge is 0.356 e. The summed E-state index contributed by atoms with van der Waals surface area (Å²) < 4.78 is 23.0. The highest BCUT2D eigenvalue weighted by atomic mass is 32.2. The summed E-state index contributed by atoms with van der Waals surface area (Å²) in [5, 5.41) is 13.5. The Kier molecular flexibility index (Phi) is 4.89. The average molecular weight is 368 g/mol. The summed E-state index contributed by atoms with van der Waals surface area (Å²) in [7, 11) is -3.03. The van der Waals surface area contributed by atoms with E-state index in [0.29, 0.717) is 18.8 Å². The van der Waals surface area contributed by atoms with Crippen molar-refractivity contribution in [2.45, 2.75) is 25.3 Å². The van der Waals surface area contributed by atoms with Crippen molar-refractivity contribution < 1.29 is 18.1 Å². The zero-order chi connectivity index (χ0) is 18.0. The number of nitrogens with one attached hydrogen (secondary N) is 1. The molecule has 0 bridgehead atoms. The SMILES string of the molecule is O=C(N[C@@H]1CCS(=O)(=O)C1)[C@H]1CCCN(c2ccc([N+](=O)[O-])cn2)C1. The van der Waals surface area contributed by atoms with Gasteiger partial charge in [0.1, 0.15) is 12.0 Å². The van der Waals surface area contributed by atoms with Crippen LogP contribution in [0.3, 0.4) is 0 Å². The Balaban J connectivity index is 1.60. The van der Waals surface area contributed by atoms with E-state index in [2.05, 4.69) is 10.3 Å². The Bertz CT molecular complexity index is 765. The minimum absolute atomic E-state index is 0.0130. The first-order valence-electron chi connectivity index (χ1n) is 8.20. The molecule has 2 atom stereocenters. The van der Waals surface area contributed by atoms with Crippen LogP contribution in [0.5, 0.6) is 0 Å². The Hall–Kier alpha value is -2.23. The maximum atomic E-state index is 12.4. The highest BCUT2D eigenvalue weighted by Crippen LogP contribution is 2.23. The fraction of sp³-hybridized carbons (Fsp3) is 0.600. The summed E-state index contributed by atoms with van der Waals surface area (Å²) in [5.41, 5.74) is -0.0718. The number of pyridine rings is 1. The van der Waals surface area contributed by atoms with Crippen molar-refractivity contribution in [2.24, 2.45) is 5.92 Å². The molecule has 1 aromatic rings. The van der Waals surface area contributed by atoms with Gasteiger partial charge in [0.2, 0.25) is 5.91 Å². The van der Waals surface area contributed by atoms with Gasteiger partial charge in [0.15, 0.2) is 9.84 Å². The Morgan fingerprint density at radius 1 is 1.36 bits per heavy atom. The van der Waals surface area contributed by atoms with Gasteiger partial charge in [0, 0.05) is 25.2 Å².